The maximum atomic E-state index is 14.2. The molecule has 2 aromatic heterocycles. The zero-order valence-corrected chi connectivity index (χ0v) is 19.1. The number of hydrogen-bond acceptors (Lipinski definition) is 4. The second-order valence-electron chi connectivity index (χ2n) is 7.81. The number of benzene rings is 2. The molecular formula is C24H26ClFN4O2. The van der Waals surface area contributed by atoms with Crippen LogP contribution in [0.4, 0.5) is 4.39 Å². The Morgan fingerprint density at radius 1 is 1.09 bits per heavy atom. The molecule has 4 aromatic rings. The molecule has 0 aliphatic rings. The first-order valence-corrected chi connectivity index (χ1v) is 10.9. The van der Waals surface area contributed by atoms with E-state index >= 15 is 0 Å². The van der Waals surface area contributed by atoms with Gasteiger partial charge in [-0.3, -0.25) is 0 Å². The summed E-state index contributed by atoms with van der Waals surface area (Å²) < 4.78 is 28.8. The molecule has 0 bridgehead atoms. The van der Waals surface area contributed by atoms with Crippen LogP contribution >= 0.6 is 11.6 Å². The fourth-order valence-electron chi connectivity index (χ4n) is 3.55. The second-order valence-corrected chi connectivity index (χ2v) is 8.21. The molecule has 0 aliphatic heterocycles. The van der Waals surface area contributed by atoms with Crippen LogP contribution in [0.5, 0.6) is 0 Å². The molecule has 0 N–H and O–H groups in total. The second kappa shape index (κ2) is 9.81. The van der Waals surface area contributed by atoms with Gasteiger partial charge in [-0.2, -0.15) is 5.10 Å². The lowest BCUT2D eigenvalue weighted by Gasteiger charge is -2.08. The Hall–Kier alpha value is -2.74. The highest BCUT2D eigenvalue weighted by molar-refractivity contribution is 6.30. The largest absolute Gasteiger partial charge is 0.383 e. The van der Waals surface area contributed by atoms with E-state index in [1.807, 2.05) is 26.1 Å². The van der Waals surface area contributed by atoms with E-state index in [4.69, 9.17) is 26.1 Å². The molecule has 0 fully saturated rings. The predicted molar refractivity (Wildman–Crippen MR) is 124 cm³/mol. The summed E-state index contributed by atoms with van der Waals surface area (Å²) in [5, 5.41) is 5.80. The van der Waals surface area contributed by atoms with Gasteiger partial charge in [0.1, 0.15) is 5.82 Å². The van der Waals surface area contributed by atoms with E-state index < -0.39 is 5.82 Å². The number of hydrogen-bond donors (Lipinski definition) is 0. The minimum absolute atomic E-state index is 0.0693. The van der Waals surface area contributed by atoms with Crippen molar-refractivity contribution in [2.75, 3.05) is 20.3 Å². The maximum Gasteiger partial charge on any atom is 0.163 e. The number of halogens is 2. The topological polar surface area (TPSA) is 54.1 Å². The van der Waals surface area contributed by atoms with Crippen molar-refractivity contribution in [3.05, 3.63) is 65.3 Å². The normalized spacial score (nSPS) is 11.7. The van der Waals surface area contributed by atoms with E-state index in [1.165, 1.54) is 12.1 Å². The van der Waals surface area contributed by atoms with Crippen LogP contribution in [0.2, 0.25) is 5.02 Å². The van der Waals surface area contributed by atoms with Gasteiger partial charge in [0.2, 0.25) is 0 Å². The van der Waals surface area contributed by atoms with Gasteiger partial charge in [0.15, 0.2) is 11.6 Å². The lowest BCUT2D eigenvalue weighted by molar-refractivity contribution is 0.0804. The summed E-state index contributed by atoms with van der Waals surface area (Å²) >= 11 is 5.88. The average Bonchev–Trinajstić information content (AvgIpc) is 3.38. The lowest BCUT2D eigenvalue weighted by atomic mass is 10.1. The van der Waals surface area contributed by atoms with Crippen LogP contribution in [-0.2, 0) is 22.4 Å². The van der Waals surface area contributed by atoms with Crippen LogP contribution in [-0.4, -0.2) is 45.8 Å². The minimum atomic E-state index is -0.499. The quantitative estimate of drug-likeness (QED) is 0.343. The van der Waals surface area contributed by atoms with Crippen LogP contribution in [0.25, 0.3) is 28.0 Å². The third kappa shape index (κ3) is 4.85. The maximum absolute atomic E-state index is 14.2. The molecule has 0 saturated carbocycles. The van der Waals surface area contributed by atoms with E-state index in [2.05, 4.69) is 27.9 Å². The minimum Gasteiger partial charge on any atom is -0.383 e. The Kier molecular flexibility index (Phi) is 6.89. The molecular weight excluding hydrogens is 431 g/mol. The third-order valence-electron chi connectivity index (χ3n) is 5.14. The first-order chi connectivity index (χ1) is 15.5. The Labute approximate surface area is 191 Å². The van der Waals surface area contributed by atoms with Crippen LogP contribution in [0.3, 0.4) is 0 Å². The highest BCUT2D eigenvalue weighted by atomic mass is 35.5. The van der Waals surface area contributed by atoms with Crippen molar-refractivity contribution >= 4 is 22.5 Å². The Morgan fingerprint density at radius 3 is 2.69 bits per heavy atom. The molecule has 0 saturated heterocycles. The van der Waals surface area contributed by atoms with Gasteiger partial charge in [-0.15, -0.1) is 0 Å². The molecule has 6 nitrogen and oxygen atoms in total. The van der Waals surface area contributed by atoms with Gasteiger partial charge in [0, 0.05) is 48.8 Å². The Morgan fingerprint density at radius 2 is 1.94 bits per heavy atom. The molecule has 0 spiro atoms. The van der Waals surface area contributed by atoms with Crippen LogP contribution in [0.15, 0.2) is 48.7 Å². The molecule has 32 heavy (non-hydrogen) atoms. The average molecular weight is 457 g/mol. The molecule has 4 rings (SSSR count). The fourth-order valence-corrected chi connectivity index (χ4v) is 3.67. The first kappa shape index (κ1) is 22.5. The number of methoxy groups -OCH3 is 1. The third-order valence-corrected chi connectivity index (χ3v) is 5.45. The molecule has 8 heteroatoms. The van der Waals surface area contributed by atoms with Gasteiger partial charge in [-0.25, -0.2) is 14.1 Å². The zero-order chi connectivity index (χ0) is 22.7. The monoisotopic (exact) mass is 456 g/mol. The number of rotatable bonds is 9. The van der Waals surface area contributed by atoms with Gasteiger partial charge in [-0.1, -0.05) is 11.6 Å². The Balaban J connectivity index is 1.74. The molecule has 0 amide bonds. The van der Waals surface area contributed by atoms with Crippen LogP contribution in [0.1, 0.15) is 19.7 Å². The lowest BCUT2D eigenvalue weighted by Crippen LogP contribution is -2.07. The summed E-state index contributed by atoms with van der Waals surface area (Å²) in [4.78, 5) is 4.76. The van der Waals surface area contributed by atoms with E-state index in [1.54, 1.807) is 17.9 Å². The standard InChI is InChI=1S/C24H26ClFN4O2/c1-16(2)32-12-9-23-27-24(30(28-23)19-5-6-20(25)21(26)15-19)18-4-7-22-17(14-18)8-10-29(22)11-13-31-3/h4-8,10,14-16H,9,11-13H2,1-3H3. The van der Waals surface area contributed by atoms with E-state index in [9.17, 15) is 4.39 Å². The highest BCUT2D eigenvalue weighted by Crippen LogP contribution is 2.27. The Bertz CT molecular complexity index is 1220. The number of fused-ring (bicyclic) bond motifs is 1. The van der Waals surface area contributed by atoms with Crippen molar-refractivity contribution in [3.63, 3.8) is 0 Å². The van der Waals surface area contributed by atoms with E-state index in [-0.39, 0.29) is 11.1 Å². The summed E-state index contributed by atoms with van der Waals surface area (Å²) in [6.45, 7) is 5.91. The van der Waals surface area contributed by atoms with Crippen LogP contribution < -0.4 is 0 Å². The number of ether oxygens (including phenoxy) is 2. The number of nitrogens with zero attached hydrogens (tertiary/aromatic N) is 4. The van der Waals surface area contributed by atoms with Crippen molar-refractivity contribution in [2.24, 2.45) is 0 Å². The highest BCUT2D eigenvalue weighted by Gasteiger charge is 2.16. The molecule has 2 aromatic carbocycles. The molecule has 168 valence electrons. The summed E-state index contributed by atoms with van der Waals surface area (Å²) in [5.41, 5.74) is 2.56. The molecule has 2 heterocycles. The van der Waals surface area contributed by atoms with Crippen molar-refractivity contribution < 1.29 is 13.9 Å². The molecule has 0 aliphatic carbocycles. The first-order valence-electron chi connectivity index (χ1n) is 10.6. The zero-order valence-electron chi connectivity index (χ0n) is 18.4. The smallest absolute Gasteiger partial charge is 0.163 e. The van der Waals surface area contributed by atoms with E-state index in [0.717, 1.165) is 23.0 Å². The van der Waals surface area contributed by atoms with Gasteiger partial charge >= 0.3 is 0 Å². The fraction of sp³-hybridized carbons (Fsp3) is 0.333. The van der Waals surface area contributed by atoms with Crippen molar-refractivity contribution in [3.8, 4) is 17.1 Å². The number of aromatic nitrogens is 4. The predicted octanol–water partition coefficient (Wildman–Crippen LogP) is 5.30. The van der Waals surface area contributed by atoms with Crippen molar-refractivity contribution in [1.29, 1.82) is 0 Å². The van der Waals surface area contributed by atoms with Crippen molar-refractivity contribution in [1.82, 2.24) is 19.3 Å². The van der Waals surface area contributed by atoms with Gasteiger partial charge in [0.05, 0.1) is 30.0 Å². The molecule has 0 radical (unpaired) electrons. The SMILES string of the molecule is COCCn1ccc2cc(-c3nc(CCOC(C)C)nn3-c3ccc(Cl)c(F)c3)ccc21. The summed E-state index contributed by atoms with van der Waals surface area (Å²) in [6.07, 6.45) is 2.73. The summed E-state index contributed by atoms with van der Waals surface area (Å²) in [7, 11) is 1.69. The van der Waals surface area contributed by atoms with Gasteiger partial charge in [-0.05, 0) is 50.2 Å². The van der Waals surface area contributed by atoms with E-state index in [0.29, 0.717) is 37.0 Å². The van der Waals surface area contributed by atoms with Gasteiger partial charge in [0.25, 0.3) is 0 Å². The molecule has 0 atom stereocenters. The summed E-state index contributed by atoms with van der Waals surface area (Å²) in [6, 6.07) is 12.8. The van der Waals surface area contributed by atoms with Crippen LogP contribution in [0, 0.1) is 5.82 Å². The van der Waals surface area contributed by atoms with Gasteiger partial charge < -0.3 is 14.0 Å². The van der Waals surface area contributed by atoms with Crippen molar-refractivity contribution in [2.45, 2.75) is 32.9 Å². The summed E-state index contributed by atoms with van der Waals surface area (Å²) in [5.74, 6) is 0.771. The molecule has 0 unspecified atom stereocenters.